The summed E-state index contributed by atoms with van der Waals surface area (Å²) in [5, 5.41) is 2.84. The summed E-state index contributed by atoms with van der Waals surface area (Å²) in [6, 6.07) is 11.9. The molecule has 0 saturated carbocycles. The highest BCUT2D eigenvalue weighted by molar-refractivity contribution is 5.68. The fraction of sp³-hybridized carbons (Fsp3) is 0.333. The summed E-state index contributed by atoms with van der Waals surface area (Å²) in [7, 11) is 0. The molecule has 0 fully saturated rings. The zero-order valence-corrected chi connectivity index (χ0v) is 13.5. The highest BCUT2D eigenvalue weighted by Crippen LogP contribution is 2.21. The Morgan fingerprint density at radius 1 is 1.05 bits per heavy atom. The Morgan fingerprint density at radius 2 is 1.59 bits per heavy atom. The SMILES string of the molecule is CC(NC(=O)OC(C)(C)C)c1ccc(-c2ccncc2)cc1. The summed E-state index contributed by atoms with van der Waals surface area (Å²) in [4.78, 5) is 15.8. The Balaban J connectivity index is 2.02. The normalized spacial score (nSPS) is 12.5. The van der Waals surface area contributed by atoms with Crippen molar-refractivity contribution in [1.82, 2.24) is 10.3 Å². The number of carbonyl (C=O) groups is 1. The minimum atomic E-state index is -0.491. The summed E-state index contributed by atoms with van der Waals surface area (Å²) in [5.74, 6) is 0. The van der Waals surface area contributed by atoms with E-state index in [1.807, 2.05) is 64.1 Å². The molecule has 0 aliphatic heterocycles. The lowest BCUT2D eigenvalue weighted by Gasteiger charge is -2.22. The van der Waals surface area contributed by atoms with Gasteiger partial charge in [0.25, 0.3) is 0 Å². The summed E-state index contributed by atoms with van der Waals surface area (Å²) >= 11 is 0. The number of alkyl carbamates (subject to hydrolysis) is 1. The van der Waals surface area contributed by atoms with Crippen LogP contribution < -0.4 is 5.32 Å². The van der Waals surface area contributed by atoms with Gasteiger partial charge in [-0.3, -0.25) is 4.98 Å². The van der Waals surface area contributed by atoms with Gasteiger partial charge < -0.3 is 10.1 Å². The van der Waals surface area contributed by atoms with Crippen molar-refractivity contribution in [2.75, 3.05) is 0 Å². The maximum atomic E-state index is 11.8. The molecule has 1 atom stereocenters. The lowest BCUT2D eigenvalue weighted by molar-refractivity contribution is 0.0508. The first kappa shape index (κ1) is 16.0. The zero-order valence-electron chi connectivity index (χ0n) is 13.5. The van der Waals surface area contributed by atoms with Gasteiger partial charge in [0.2, 0.25) is 0 Å². The molecule has 116 valence electrons. The second-order valence-electron chi connectivity index (χ2n) is 6.23. The van der Waals surface area contributed by atoms with Crippen molar-refractivity contribution in [3.05, 3.63) is 54.4 Å². The van der Waals surface area contributed by atoms with Crippen molar-refractivity contribution < 1.29 is 9.53 Å². The molecule has 2 aromatic rings. The number of nitrogens with zero attached hydrogens (tertiary/aromatic N) is 1. The Hall–Kier alpha value is -2.36. The Kier molecular flexibility index (Phi) is 4.81. The van der Waals surface area contributed by atoms with Crippen LogP contribution in [0.1, 0.15) is 39.3 Å². The number of amides is 1. The average molecular weight is 298 g/mol. The van der Waals surface area contributed by atoms with E-state index < -0.39 is 11.7 Å². The van der Waals surface area contributed by atoms with E-state index in [1.54, 1.807) is 12.4 Å². The van der Waals surface area contributed by atoms with Crippen LogP contribution in [-0.2, 0) is 4.74 Å². The van der Waals surface area contributed by atoms with Gasteiger partial charge in [0.15, 0.2) is 0 Å². The summed E-state index contributed by atoms with van der Waals surface area (Å²) < 4.78 is 5.27. The van der Waals surface area contributed by atoms with Crippen molar-refractivity contribution in [1.29, 1.82) is 0 Å². The number of nitrogens with one attached hydrogen (secondary N) is 1. The van der Waals surface area contributed by atoms with Gasteiger partial charge in [0.1, 0.15) is 5.60 Å². The molecule has 1 aromatic carbocycles. The Labute approximate surface area is 131 Å². The number of benzene rings is 1. The molecule has 0 aliphatic carbocycles. The van der Waals surface area contributed by atoms with Crippen LogP contribution in [0.4, 0.5) is 4.79 Å². The third kappa shape index (κ3) is 4.58. The fourth-order valence-corrected chi connectivity index (χ4v) is 2.08. The molecule has 2 rings (SSSR count). The molecule has 4 heteroatoms. The van der Waals surface area contributed by atoms with E-state index in [9.17, 15) is 4.79 Å². The van der Waals surface area contributed by atoms with E-state index in [1.165, 1.54) is 0 Å². The third-order valence-electron chi connectivity index (χ3n) is 3.16. The summed E-state index contributed by atoms with van der Waals surface area (Å²) in [6.45, 7) is 7.48. The molecule has 1 heterocycles. The van der Waals surface area contributed by atoms with Crippen molar-refractivity contribution in [3.63, 3.8) is 0 Å². The highest BCUT2D eigenvalue weighted by atomic mass is 16.6. The first-order valence-corrected chi connectivity index (χ1v) is 7.35. The first-order chi connectivity index (χ1) is 10.3. The van der Waals surface area contributed by atoms with Gasteiger partial charge in [-0.05, 0) is 56.5 Å². The van der Waals surface area contributed by atoms with Crippen molar-refractivity contribution in [2.24, 2.45) is 0 Å². The Morgan fingerprint density at radius 3 is 2.14 bits per heavy atom. The van der Waals surface area contributed by atoms with Crippen LogP contribution >= 0.6 is 0 Å². The smallest absolute Gasteiger partial charge is 0.408 e. The van der Waals surface area contributed by atoms with Gasteiger partial charge in [-0.15, -0.1) is 0 Å². The second kappa shape index (κ2) is 6.60. The molecule has 0 aliphatic rings. The molecular weight excluding hydrogens is 276 g/mol. The van der Waals surface area contributed by atoms with Crippen LogP contribution in [0.2, 0.25) is 0 Å². The first-order valence-electron chi connectivity index (χ1n) is 7.35. The van der Waals surface area contributed by atoms with E-state index in [0.29, 0.717) is 0 Å². The van der Waals surface area contributed by atoms with Crippen LogP contribution in [0.25, 0.3) is 11.1 Å². The maximum Gasteiger partial charge on any atom is 0.408 e. The standard InChI is InChI=1S/C18H22N2O2/c1-13(20-17(21)22-18(2,3)4)14-5-7-15(8-6-14)16-9-11-19-12-10-16/h5-13H,1-4H3,(H,20,21). The molecule has 1 amide bonds. The highest BCUT2D eigenvalue weighted by Gasteiger charge is 2.18. The lowest BCUT2D eigenvalue weighted by Crippen LogP contribution is -2.34. The number of rotatable bonds is 3. The van der Waals surface area contributed by atoms with E-state index in [2.05, 4.69) is 10.3 Å². The molecule has 22 heavy (non-hydrogen) atoms. The number of hydrogen-bond acceptors (Lipinski definition) is 3. The van der Waals surface area contributed by atoms with Crippen molar-refractivity contribution in [2.45, 2.75) is 39.3 Å². The van der Waals surface area contributed by atoms with Crippen LogP contribution in [0.5, 0.6) is 0 Å². The number of ether oxygens (including phenoxy) is 1. The van der Waals surface area contributed by atoms with Crippen LogP contribution in [0, 0.1) is 0 Å². The largest absolute Gasteiger partial charge is 0.444 e. The quantitative estimate of drug-likeness (QED) is 0.917. The van der Waals surface area contributed by atoms with E-state index in [-0.39, 0.29) is 6.04 Å². The Bertz CT molecular complexity index is 616. The van der Waals surface area contributed by atoms with Gasteiger partial charge >= 0.3 is 6.09 Å². The van der Waals surface area contributed by atoms with Gasteiger partial charge in [0, 0.05) is 12.4 Å². The molecule has 0 bridgehead atoms. The van der Waals surface area contributed by atoms with Gasteiger partial charge in [-0.2, -0.15) is 0 Å². The van der Waals surface area contributed by atoms with Gasteiger partial charge in [-0.25, -0.2) is 4.79 Å². The number of hydrogen-bond donors (Lipinski definition) is 1. The monoisotopic (exact) mass is 298 g/mol. The molecule has 1 N–H and O–H groups in total. The molecule has 1 unspecified atom stereocenters. The van der Waals surface area contributed by atoms with E-state index in [0.717, 1.165) is 16.7 Å². The minimum Gasteiger partial charge on any atom is -0.444 e. The number of carbonyl (C=O) groups excluding carboxylic acids is 1. The molecular formula is C18H22N2O2. The molecule has 0 saturated heterocycles. The molecule has 0 radical (unpaired) electrons. The maximum absolute atomic E-state index is 11.8. The average Bonchev–Trinajstić information content (AvgIpc) is 2.46. The predicted molar refractivity (Wildman–Crippen MR) is 87.5 cm³/mol. The zero-order chi connectivity index (χ0) is 16.2. The fourth-order valence-electron chi connectivity index (χ4n) is 2.08. The topological polar surface area (TPSA) is 51.2 Å². The van der Waals surface area contributed by atoms with Crippen LogP contribution in [0.3, 0.4) is 0 Å². The third-order valence-corrected chi connectivity index (χ3v) is 3.16. The molecule has 4 nitrogen and oxygen atoms in total. The second-order valence-corrected chi connectivity index (χ2v) is 6.23. The van der Waals surface area contributed by atoms with E-state index >= 15 is 0 Å². The van der Waals surface area contributed by atoms with Crippen molar-refractivity contribution >= 4 is 6.09 Å². The number of pyridine rings is 1. The van der Waals surface area contributed by atoms with Crippen molar-refractivity contribution in [3.8, 4) is 11.1 Å². The number of aromatic nitrogens is 1. The molecule has 1 aromatic heterocycles. The van der Waals surface area contributed by atoms with E-state index in [4.69, 9.17) is 4.74 Å². The molecule has 0 spiro atoms. The predicted octanol–water partition coefficient (Wildman–Crippen LogP) is 4.33. The van der Waals surface area contributed by atoms with Gasteiger partial charge in [-0.1, -0.05) is 24.3 Å². The summed E-state index contributed by atoms with van der Waals surface area (Å²) in [6.07, 6.45) is 3.14. The summed E-state index contributed by atoms with van der Waals surface area (Å²) in [5.41, 5.74) is 2.78. The van der Waals surface area contributed by atoms with Gasteiger partial charge in [0.05, 0.1) is 6.04 Å². The van der Waals surface area contributed by atoms with Crippen LogP contribution in [-0.4, -0.2) is 16.7 Å². The van der Waals surface area contributed by atoms with Crippen LogP contribution in [0.15, 0.2) is 48.8 Å². The minimum absolute atomic E-state index is 0.110. The lowest BCUT2D eigenvalue weighted by atomic mass is 10.0.